The summed E-state index contributed by atoms with van der Waals surface area (Å²) in [6.07, 6.45) is 0. The third kappa shape index (κ3) is 2.23. The molecule has 1 aromatic carbocycles. The van der Waals surface area contributed by atoms with Gasteiger partial charge in [-0.3, -0.25) is 0 Å². The van der Waals surface area contributed by atoms with E-state index in [2.05, 4.69) is 23.7 Å². The van der Waals surface area contributed by atoms with Crippen LogP contribution in [0.1, 0.15) is 13.8 Å². The number of nitrogen functional groups attached to an aromatic ring is 1. The Kier molecular flexibility index (Phi) is 3.22. The van der Waals surface area contributed by atoms with Gasteiger partial charge in [0.25, 0.3) is 0 Å². The molecule has 3 rings (SSSR count). The molecule has 1 fully saturated rings. The van der Waals surface area contributed by atoms with Crippen molar-refractivity contribution in [1.29, 1.82) is 0 Å². The molecule has 4 nitrogen and oxygen atoms in total. The molecule has 1 aliphatic heterocycles. The second-order valence-electron chi connectivity index (χ2n) is 4.93. The number of rotatable bonds is 1. The van der Waals surface area contributed by atoms with Crippen molar-refractivity contribution in [2.45, 2.75) is 25.1 Å². The lowest BCUT2D eigenvalue weighted by Gasteiger charge is -2.38. The van der Waals surface area contributed by atoms with E-state index >= 15 is 0 Å². The van der Waals surface area contributed by atoms with Gasteiger partial charge in [-0.2, -0.15) is 11.8 Å². The predicted molar refractivity (Wildman–Crippen MR) is 82.7 cm³/mol. The SMILES string of the molecule is CC1SCCN(c2nc3ccccc3nc2N)C1C. The number of nitrogens with zero attached hydrogens (tertiary/aromatic N) is 3. The van der Waals surface area contributed by atoms with Crippen LogP contribution in [0.2, 0.25) is 0 Å². The molecule has 2 heterocycles. The zero-order valence-corrected chi connectivity index (χ0v) is 12.0. The second kappa shape index (κ2) is 4.89. The average Bonchev–Trinajstić information content (AvgIpc) is 2.41. The maximum Gasteiger partial charge on any atom is 0.172 e. The van der Waals surface area contributed by atoms with Crippen LogP contribution >= 0.6 is 11.8 Å². The lowest BCUT2D eigenvalue weighted by atomic mass is 10.2. The van der Waals surface area contributed by atoms with E-state index in [0.717, 1.165) is 29.1 Å². The van der Waals surface area contributed by atoms with Gasteiger partial charge in [0.05, 0.1) is 11.0 Å². The number of para-hydroxylation sites is 2. The van der Waals surface area contributed by atoms with Gasteiger partial charge >= 0.3 is 0 Å². The van der Waals surface area contributed by atoms with Gasteiger partial charge in [-0.15, -0.1) is 0 Å². The summed E-state index contributed by atoms with van der Waals surface area (Å²) in [5.41, 5.74) is 7.87. The number of benzene rings is 1. The van der Waals surface area contributed by atoms with E-state index in [9.17, 15) is 0 Å². The Morgan fingerprint density at radius 2 is 1.89 bits per heavy atom. The molecular formula is C14H18N4S. The van der Waals surface area contributed by atoms with Crippen molar-refractivity contribution >= 4 is 34.4 Å². The third-order valence-electron chi connectivity index (χ3n) is 3.73. The summed E-state index contributed by atoms with van der Waals surface area (Å²) in [6.45, 7) is 5.46. The molecule has 0 bridgehead atoms. The van der Waals surface area contributed by atoms with Crippen LogP contribution in [0.15, 0.2) is 24.3 Å². The maximum atomic E-state index is 6.10. The molecule has 19 heavy (non-hydrogen) atoms. The molecule has 5 heteroatoms. The quantitative estimate of drug-likeness (QED) is 0.866. The van der Waals surface area contributed by atoms with Crippen molar-refractivity contribution in [1.82, 2.24) is 9.97 Å². The Balaban J connectivity index is 2.06. The topological polar surface area (TPSA) is 55.0 Å². The minimum absolute atomic E-state index is 0.427. The number of fused-ring (bicyclic) bond motifs is 1. The fourth-order valence-corrected chi connectivity index (χ4v) is 3.55. The monoisotopic (exact) mass is 274 g/mol. The van der Waals surface area contributed by atoms with Crippen molar-refractivity contribution in [3.8, 4) is 0 Å². The molecule has 1 saturated heterocycles. The van der Waals surface area contributed by atoms with Crippen LogP contribution in [0, 0.1) is 0 Å². The van der Waals surface area contributed by atoms with Crippen LogP contribution in [-0.2, 0) is 0 Å². The van der Waals surface area contributed by atoms with Crippen molar-refractivity contribution < 1.29 is 0 Å². The van der Waals surface area contributed by atoms with Crippen LogP contribution in [0.3, 0.4) is 0 Å². The smallest absolute Gasteiger partial charge is 0.172 e. The van der Waals surface area contributed by atoms with E-state index in [4.69, 9.17) is 10.7 Å². The Bertz CT molecular complexity index is 601. The second-order valence-corrected chi connectivity index (χ2v) is 6.42. The summed E-state index contributed by atoms with van der Waals surface area (Å²) in [5, 5.41) is 0.585. The Morgan fingerprint density at radius 3 is 2.63 bits per heavy atom. The van der Waals surface area contributed by atoms with Gasteiger partial charge < -0.3 is 10.6 Å². The standard InChI is InChI=1S/C14H18N4S/c1-9-10(2)19-8-7-18(9)14-13(15)16-11-5-3-4-6-12(11)17-14/h3-6,9-10H,7-8H2,1-2H3,(H2,15,16). The Hall–Kier alpha value is -1.49. The summed E-state index contributed by atoms with van der Waals surface area (Å²) in [6, 6.07) is 8.29. The number of aromatic nitrogens is 2. The van der Waals surface area contributed by atoms with Crippen molar-refractivity contribution in [3.05, 3.63) is 24.3 Å². The molecule has 0 radical (unpaired) electrons. The van der Waals surface area contributed by atoms with Gasteiger partial charge in [-0.1, -0.05) is 19.1 Å². The summed E-state index contributed by atoms with van der Waals surface area (Å²) >= 11 is 2.00. The first-order valence-electron chi connectivity index (χ1n) is 6.57. The van der Waals surface area contributed by atoms with Gasteiger partial charge in [-0.25, -0.2) is 9.97 Å². The summed E-state index contributed by atoms with van der Waals surface area (Å²) in [5.74, 6) is 2.47. The highest BCUT2D eigenvalue weighted by Gasteiger charge is 2.28. The molecule has 0 spiro atoms. The molecule has 2 atom stereocenters. The molecule has 0 amide bonds. The van der Waals surface area contributed by atoms with Gasteiger partial charge in [0.1, 0.15) is 0 Å². The van der Waals surface area contributed by atoms with Gasteiger partial charge in [0.15, 0.2) is 11.6 Å². The van der Waals surface area contributed by atoms with E-state index in [1.165, 1.54) is 0 Å². The van der Waals surface area contributed by atoms with E-state index in [1.807, 2.05) is 36.0 Å². The first-order chi connectivity index (χ1) is 9.16. The number of nitrogens with two attached hydrogens (primary N) is 1. The third-order valence-corrected chi connectivity index (χ3v) is 5.07. The summed E-state index contributed by atoms with van der Waals surface area (Å²) < 4.78 is 0. The molecule has 1 aliphatic rings. The molecule has 1 aromatic heterocycles. The Labute approximate surface area is 117 Å². The lowest BCUT2D eigenvalue weighted by molar-refractivity contribution is 0.621. The largest absolute Gasteiger partial charge is 0.381 e. The van der Waals surface area contributed by atoms with Gasteiger partial charge in [0.2, 0.25) is 0 Å². The number of anilines is 2. The maximum absolute atomic E-state index is 6.10. The normalized spacial score (nSPS) is 23.8. The summed E-state index contributed by atoms with van der Waals surface area (Å²) in [7, 11) is 0. The first kappa shape index (κ1) is 12.5. The van der Waals surface area contributed by atoms with E-state index < -0.39 is 0 Å². The van der Waals surface area contributed by atoms with Crippen molar-refractivity contribution in [3.63, 3.8) is 0 Å². The molecule has 2 N–H and O–H groups in total. The zero-order chi connectivity index (χ0) is 13.4. The van der Waals surface area contributed by atoms with Gasteiger partial charge in [0, 0.05) is 23.6 Å². The van der Waals surface area contributed by atoms with Crippen LogP contribution in [-0.4, -0.2) is 33.6 Å². The van der Waals surface area contributed by atoms with Crippen LogP contribution in [0.25, 0.3) is 11.0 Å². The number of thioether (sulfide) groups is 1. The van der Waals surface area contributed by atoms with E-state index in [-0.39, 0.29) is 0 Å². The lowest BCUT2D eigenvalue weighted by Crippen LogP contribution is -2.45. The van der Waals surface area contributed by atoms with Crippen molar-refractivity contribution in [2.75, 3.05) is 22.9 Å². The highest BCUT2D eigenvalue weighted by atomic mass is 32.2. The van der Waals surface area contributed by atoms with Crippen LogP contribution in [0.4, 0.5) is 11.6 Å². The molecule has 0 saturated carbocycles. The van der Waals surface area contributed by atoms with E-state index in [1.54, 1.807) is 0 Å². The highest BCUT2D eigenvalue weighted by Crippen LogP contribution is 2.31. The molecule has 2 unspecified atom stereocenters. The Morgan fingerprint density at radius 1 is 1.21 bits per heavy atom. The first-order valence-corrected chi connectivity index (χ1v) is 7.62. The van der Waals surface area contributed by atoms with Crippen LogP contribution < -0.4 is 10.6 Å². The molecule has 100 valence electrons. The number of hydrogen-bond donors (Lipinski definition) is 1. The summed E-state index contributed by atoms with van der Waals surface area (Å²) in [4.78, 5) is 11.5. The average molecular weight is 274 g/mol. The highest BCUT2D eigenvalue weighted by molar-refractivity contribution is 8.00. The number of hydrogen-bond acceptors (Lipinski definition) is 5. The van der Waals surface area contributed by atoms with Crippen LogP contribution in [0.5, 0.6) is 0 Å². The molecule has 0 aliphatic carbocycles. The fourth-order valence-electron chi connectivity index (χ4n) is 2.45. The molecular weight excluding hydrogens is 256 g/mol. The van der Waals surface area contributed by atoms with Gasteiger partial charge in [-0.05, 0) is 19.1 Å². The zero-order valence-electron chi connectivity index (χ0n) is 11.2. The molecule has 2 aromatic rings. The minimum atomic E-state index is 0.427. The fraction of sp³-hybridized carbons (Fsp3) is 0.429. The van der Waals surface area contributed by atoms with Crippen molar-refractivity contribution in [2.24, 2.45) is 0 Å². The van der Waals surface area contributed by atoms with E-state index in [0.29, 0.717) is 17.1 Å². The predicted octanol–water partition coefficient (Wildman–Crippen LogP) is 2.54. The minimum Gasteiger partial charge on any atom is -0.381 e.